The van der Waals surface area contributed by atoms with E-state index in [1.54, 1.807) is 7.11 Å². The number of rotatable bonds is 3. The van der Waals surface area contributed by atoms with Crippen molar-refractivity contribution in [1.82, 2.24) is 4.90 Å². The fraction of sp³-hybridized carbons (Fsp3) is 0.464. The molecule has 1 saturated carbocycles. The third-order valence-corrected chi connectivity index (χ3v) is 7.55. The van der Waals surface area contributed by atoms with Crippen LogP contribution >= 0.6 is 0 Å². The zero-order valence-corrected chi connectivity index (χ0v) is 19.2. The van der Waals surface area contributed by atoms with Crippen molar-refractivity contribution in [3.63, 3.8) is 0 Å². The molecule has 2 aromatic rings. The van der Waals surface area contributed by atoms with Crippen LogP contribution in [0.1, 0.15) is 61.3 Å². The zero-order valence-electron chi connectivity index (χ0n) is 19.2. The number of hydrogen-bond acceptors (Lipinski definition) is 4. The normalized spacial score (nSPS) is 24.2. The lowest BCUT2D eigenvalue weighted by Crippen LogP contribution is -2.44. The van der Waals surface area contributed by atoms with Gasteiger partial charge in [0.25, 0.3) is 0 Å². The molecule has 2 N–H and O–H groups in total. The van der Waals surface area contributed by atoms with Gasteiger partial charge in [0.05, 0.1) is 25.8 Å². The van der Waals surface area contributed by atoms with E-state index in [0.29, 0.717) is 5.91 Å². The van der Waals surface area contributed by atoms with Gasteiger partial charge in [-0.1, -0.05) is 31.1 Å². The second kappa shape index (κ2) is 9.49. The van der Waals surface area contributed by atoms with Gasteiger partial charge < -0.3 is 20.1 Å². The number of nitrogens with zero attached hydrogens (tertiary/aromatic N) is 1. The van der Waals surface area contributed by atoms with Crippen LogP contribution < -0.4 is 10.1 Å². The molecule has 5 nitrogen and oxygen atoms in total. The Kier molecular flexibility index (Phi) is 6.28. The number of aliphatic hydroxyl groups excluding tert-OH is 1. The number of ether oxygens (including phenoxy) is 1. The summed E-state index contributed by atoms with van der Waals surface area (Å²) in [5.41, 5.74) is 4.01. The Labute approximate surface area is 196 Å². The number of hydrogen-bond donors (Lipinski definition) is 2. The van der Waals surface area contributed by atoms with Crippen molar-refractivity contribution < 1.29 is 14.6 Å². The number of amides is 1. The highest BCUT2D eigenvalue weighted by Crippen LogP contribution is 2.47. The Morgan fingerprint density at radius 2 is 1.79 bits per heavy atom. The Morgan fingerprint density at radius 3 is 2.52 bits per heavy atom. The summed E-state index contributed by atoms with van der Waals surface area (Å²) in [7, 11) is 1.65. The first-order chi connectivity index (χ1) is 16.2. The van der Waals surface area contributed by atoms with E-state index in [1.165, 1.54) is 6.42 Å². The van der Waals surface area contributed by atoms with Gasteiger partial charge in [-0.2, -0.15) is 0 Å². The number of benzene rings is 2. The molecule has 2 fully saturated rings. The summed E-state index contributed by atoms with van der Waals surface area (Å²) >= 11 is 0. The van der Waals surface area contributed by atoms with Crippen LogP contribution in [0.15, 0.2) is 42.5 Å². The van der Waals surface area contributed by atoms with Gasteiger partial charge in [0.1, 0.15) is 5.75 Å². The highest BCUT2D eigenvalue weighted by Gasteiger charge is 2.46. The summed E-state index contributed by atoms with van der Waals surface area (Å²) in [6.07, 6.45) is 6.49. The molecule has 0 unspecified atom stereocenters. The molecular formula is C28H32N2O3. The van der Waals surface area contributed by atoms with E-state index < -0.39 is 0 Å². The molecule has 1 amide bonds. The first-order valence-corrected chi connectivity index (χ1v) is 12.2. The zero-order chi connectivity index (χ0) is 22.8. The smallest absolute Gasteiger partial charge is 0.226 e. The molecular weight excluding hydrogens is 412 g/mol. The topological polar surface area (TPSA) is 61.8 Å². The molecule has 2 aromatic carbocycles. The third-order valence-electron chi connectivity index (χ3n) is 7.55. The van der Waals surface area contributed by atoms with E-state index in [2.05, 4.69) is 28.1 Å². The van der Waals surface area contributed by atoms with Crippen LogP contribution in [0.4, 0.5) is 5.69 Å². The summed E-state index contributed by atoms with van der Waals surface area (Å²) < 4.78 is 5.22. The minimum Gasteiger partial charge on any atom is -0.497 e. The number of aliphatic hydroxyl groups is 1. The third kappa shape index (κ3) is 4.32. The summed E-state index contributed by atoms with van der Waals surface area (Å²) in [5, 5.41) is 13.6. The molecule has 172 valence electrons. The molecule has 0 radical (unpaired) electrons. The second-order valence-electron chi connectivity index (χ2n) is 9.48. The van der Waals surface area contributed by atoms with Gasteiger partial charge in [0.15, 0.2) is 0 Å². The van der Waals surface area contributed by atoms with Crippen molar-refractivity contribution >= 4 is 11.6 Å². The van der Waals surface area contributed by atoms with Crippen LogP contribution in [0, 0.1) is 23.7 Å². The van der Waals surface area contributed by atoms with E-state index in [4.69, 9.17) is 4.74 Å². The quantitative estimate of drug-likeness (QED) is 0.691. The van der Waals surface area contributed by atoms with Crippen LogP contribution in [-0.2, 0) is 4.79 Å². The lowest BCUT2D eigenvalue weighted by Gasteiger charge is -2.40. The van der Waals surface area contributed by atoms with Gasteiger partial charge in [0.2, 0.25) is 5.91 Å². The highest BCUT2D eigenvalue weighted by molar-refractivity contribution is 5.80. The van der Waals surface area contributed by atoms with E-state index >= 15 is 0 Å². The standard InChI is InChI=1S/C28H32N2O3/c1-33-22-12-9-19(10-13-22)7-8-20-11-14-25-24(17-20)27-23(26(18-31)29-25)15-16-30(27)28(32)21-5-3-2-4-6-21/h9-14,17,21,23,26-27,29,31H,2-6,15-16,18H2,1H3/t23-,26-,27-/m0/s1. The predicted octanol–water partition coefficient (Wildman–Crippen LogP) is 4.35. The van der Waals surface area contributed by atoms with Crippen molar-refractivity contribution in [3.05, 3.63) is 59.2 Å². The fourth-order valence-corrected chi connectivity index (χ4v) is 5.79. The van der Waals surface area contributed by atoms with Gasteiger partial charge in [-0.15, -0.1) is 0 Å². The van der Waals surface area contributed by atoms with Gasteiger partial charge in [-0.05, 0) is 67.3 Å². The van der Waals surface area contributed by atoms with Crippen molar-refractivity contribution in [3.8, 4) is 17.6 Å². The molecule has 0 spiro atoms. The molecule has 5 rings (SSSR count). The van der Waals surface area contributed by atoms with Crippen LogP contribution in [-0.4, -0.2) is 42.2 Å². The maximum Gasteiger partial charge on any atom is 0.226 e. The molecule has 5 heteroatoms. The van der Waals surface area contributed by atoms with Crippen molar-refractivity contribution in [2.45, 2.75) is 50.6 Å². The fourth-order valence-electron chi connectivity index (χ4n) is 5.79. The number of carbonyl (C=O) groups excluding carboxylic acids is 1. The molecule has 3 aliphatic rings. The molecule has 2 heterocycles. The summed E-state index contributed by atoms with van der Waals surface area (Å²) in [6.45, 7) is 0.842. The first kappa shape index (κ1) is 21.9. The molecule has 3 atom stereocenters. The lowest BCUT2D eigenvalue weighted by atomic mass is 9.82. The lowest BCUT2D eigenvalue weighted by molar-refractivity contribution is -0.138. The SMILES string of the molecule is COc1ccc(C#Cc2ccc3c(c2)[C@@H]2[C@@H](CCN2C(=O)C2CCCCC2)[C@H](CO)N3)cc1. The maximum atomic E-state index is 13.5. The van der Waals surface area contributed by atoms with Gasteiger partial charge >= 0.3 is 0 Å². The Balaban J connectivity index is 1.45. The van der Waals surface area contributed by atoms with E-state index in [1.807, 2.05) is 36.4 Å². The van der Waals surface area contributed by atoms with Crippen molar-refractivity contribution in [2.75, 3.05) is 25.6 Å². The molecule has 0 bridgehead atoms. The Hall–Kier alpha value is -2.97. The second-order valence-corrected chi connectivity index (χ2v) is 9.48. The van der Waals surface area contributed by atoms with E-state index in [0.717, 1.165) is 66.8 Å². The number of fused-ring (bicyclic) bond motifs is 3. The van der Waals surface area contributed by atoms with Crippen LogP contribution in [0.3, 0.4) is 0 Å². The Morgan fingerprint density at radius 1 is 1.06 bits per heavy atom. The maximum absolute atomic E-state index is 13.5. The minimum atomic E-state index is -0.0251. The molecule has 2 aliphatic heterocycles. The van der Waals surface area contributed by atoms with Crippen LogP contribution in [0.2, 0.25) is 0 Å². The van der Waals surface area contributed by atoms with Crippen LogP contribution in [0.5, 0.6) is 5.75 Å². The predicted molar refractivity (Wildman–Crippen MR) is 129 cm³/mol. The van der Waals surface area contributed by atoms with Gasteiger partial charge in [-0.25, -0.2) is 0 Å². The van der Waals surface area contributed by atoms with E-state index in [-0.39, 0.29) is 30.5 Å². The van der Waals surface area contributed by atoms with Crippen LogP contribution in [0.25, 0.3) is 0 Å². The molecule has 0 aromatic heterocycles. The minimum absolute atomic E-state index is 0.00978. The van der Waals surface area contributed by atoms with Crippen molar-refractivity contribution in [2.24, 2.45) is 11.8 Å². The summed E-state index contributed by atoms with van der Waals surface area (Å²) in [5.74, 6) is 8.02. The largest absolute Gasteiger partial charge is 0.497 e. The number of likely N-dealkylation sites (tertiary alicyclic amines) is 1. The van der Waals surface area contributed by atoms with Gasteiger partial charge in [-0.3, -0.25) is 4.79 Å². The van der Waals surface area contributed by atoms with Gasteiger partial charge in [0, 0.05) is 35.2 Å². The highest BCUT2D eigenvalue weighted by atomic mass is 16.5. The average molecular weight is 445 g/mol. The molecule has 1 aliphatic carbocycles. The number of methoxy groups -OCH3 is 1. The molecule has 33 heavy (non-hydrogen) atoms. The number of nitrogens with one attached hydrogen (secondary N) is 1. The molecule has 1 saturated heterocycles. The number of carbonyl (C=O) groups is 1. The average Bonchev–Trinajstić information content (AvgIpc) is 3.33. The number of anilines is 1. The first-order valence-electron chi connectivity index (χ1n) is 12.2. The van der Waals surface area contributed by atoms with Crippen molar-refractivity contribution in [1.29, 1.82) is 0 Å². The Bertz CT molecular complexity index is 1060. The van der Waals surface area contributed by atoms with E-state index in [9.17, 15) is 9.90 Å². The summed E-state index contributed by atoms with van der Waals surface area (Å²) in [6, 6.07) is 13.9. The monoisotopic (exact) mass is 444 g/mol. The summed E-state index contributed by atoms with van der Waals surface area (Å²) in [4.78, 5) is 15.6.